The van der Waals surface area contributed by atoms with E-state index in [2.05, 4.69) is 4.98 Å². The molecule has 30 heavy (non-hydrogen) atoms. The van der Waals surface area contributed by atoms with Crippen LogP contribution in [0.3, 0.4) is 0 Å². The monoisotopic (exact) mass is 435 g/mol. The minimum absolute atomic E-state index is 0.135. The Balaban J connectivity index is 1.44. The Morgan fingerprint density at radius 3 is 2.07 bits per heavy atom. The van der Waals surface area contributed by atoms with E-state index in [1.54, 1.807) is 34.1 Å². The largest absolute Gasteiger partial charge is 0.416 e. The summed E-state index contributed by atoms with van der Waals surface area (Å²) in [6.07, 6.45) is -4.44. The lowest BCUT2D eigenvalue weighted by molar-refractivity contribution is -0.137. The summed E-state index contributed by atoms with van der Waals surface area (Å²) in [5.41, 5.74) is 0.447. The molecule has 0 unspecified atom stereocenters. The first-order valence-electron chi connectivity index (χ1n) is 9.26. The lowest BCUT2D eigenvalue weighted by atomic mass is 10.1. The van der Waals surface area contributed by atoms with E-state index in [9.17, 15) is 22.8 Å². The summed E-state index contributed by atoms with van der Waals surface area (Å²) in [5, 5.41) is 0.868. The van der Waals surface area contributed by atoms with Crippen LogP contribution < -0.4 is 0 Å². The van der Waals surface area contributed by atoms with E-state index in [-0.39, 0.29) is 17.5 Å². The molecular weight excluding hydrogens is 419 g/mol. The number of nitrogens with one attached hydrogen (secondary N) is 1. The number of aromatic nitrogens is 1. The number of hydrogen-bond donors (Lipinski definition) is 1. The molecule has 156 valence electrons. The smallest absolute Gasteiger partial charge is 0.351 e. The number of halogens is 4. The number of carbonyl (C=O) groups excluding carboxylic acids is 2. The number of nitrogens with zero attached hydrogens (tertiary/aromatic N) is 2. The fourth-order valence-corrected chi connectivity index (χ4v) is 3.61. The van der Waals surface area contributed by atoms with E-state index in [1.807, 2.05) is 0 Å². The standard InChI is InChI=1S/C21H17ClF3N3O2/c22-16-4-1-13(2-5-16)19(29)27-7-9-28(10-8-27)20(30)18-12-14-11-15(21(23,24)25)3-6-17(14)26-18/h1-6,11-12,26H,7-10H2. The average molecular weight is 436 g/mol. The van der Waals surface area contributed by atoms with Crippen LogP contribution in [0.5, 0.6) is 0 Å². The zero-order valence-electron chi connectivity index (χ0n) is 15.7. The molecule has 1 aliphatic rings. The van der Waals surface area contributed by atoms with Gasteiger partial charge in [-0.15, -0.1) is 0 Å². The number of alkyl halides is 3. The average Bonchev–Trinajstić information content (AvgIpc) is 3.16. The lowest BCUT2D eigenvalue weighted by Crippen LogP contribution is -2.50. The summed E-state index contributed by atoms with van der Waals surface area (Å²) in [5.74, 6) is -0.442. The summed E-state index contributed by atoms with van der Waals surface area (Å²) in [6.45, 7) is 1.40. The highest BCUT2D eigenvalue weighted by atomic mass is 35.5. The molecule has 0 radical (unpaired) electrons. The van der Waals surface area contributed by atoms with Crippen molar-refractivity contribution >= 4 is 34.3 Å². The number of hydrogen-bond acceptors (Lipinski definition) is 2. The van der Waals surface area contributed by atoms with Crippen LogP contribution in [0.25, 0.3) is 10.9 Å². The van der Waals surface area contributed by atoms with Crippen LogP contribution in [0.4, 0.5) is 13.2 Å². The molecule has 0 aliphatic carbocycles. The summed E-state index contributed by atoms with van der Waals surface area (Å²) in [6, 6.07) is 11.3. The third kappa shape index (κ3) is 4.00. The Hall–Kier alpha value is -3.00. The van der Waals surface area contributed by atoms with Crippen molar-refractivity contribution in [3.05, 3.63) is 70.4 Å². The van der Waals surface area contributed by atoms with E-state index in [0.29, 0.717) is 47.7 Å². The topological polar surface area (TPSA) is 56.4 Å². The number of amides is 2. The molecule has 1 aliphatic heterocycles. The highest BCUT2D eigenvalue weighted by Crippen LogP contribution is 2.31. The van der Waals surface area contributed by atoms with Crippen LogP contribution in [0.1, 0.15) is 26.4 Å². The molecule has 2 aromatic carbocycles. The van der Waals surface area contributed by atoms with E-state index < -0.39 is 11.7 Å². The Bertz CT molecular complexity index is 1100. The molecule has 2 amide bonds. The van der Waals surface area contributed by atoms with Crippen molar-refractivity contribution in [2.24, 2.45) is 0 Å². The van der Waals surface area contributed by atoms with Gasteiger partial charge in [0.05, 0.1) is 5.56 Å². The van der Waals surface area contributed by atoms with E-state index >= 15 is 0 Å². The van der Waals surface area contributed by atoms with E-state index in [1.165, 1.54) is 12.1 Å². The maximum absolute atomic E-state index is 12.9. The second-order valence-electron chi connectivity index (χ2n) is 7.07. The number of piperazine rings is 1. The zero-order valence-corrected chi connectivity index (χ0v) is 16.4. The van der Waals surface area contributed by atoms with Crippen LogP contribution in [0.15, 0.2) is 48.5 Å². The fraction of sp³-hybridized carbons (Fsp3) is 0.238. The van der Waals surface area contributed by atoms with Gasteiger partial charge in [0, 0.05) is 47.7 Å². The second-order valence-corrected chi connectivity index (χ2v) is 7.51. The quantitative estimate of drug-likeness (QED) is 0.647. The Morgan fingerprint density at radius 2 is 1.47 bits per heavy atom. The number of carbonyl (C=O) groups is 2. The first-order valence-corrected chi connectivity index (χ1v) is 9.64. The number of fused-ring (bicyclic) bond motifs is 1. The van der Waals surface area contributed by atoms with Gasteiger partial charge >= 0.3 is 6.18 Å². The van der Waals surface area contributed by atoms with Crippen LogP contribution >= 0.6 is 11.6 Å². The minimum atomic E-state index is -4.44. The second kappa shape index (κ2) is 7.68. The van der Waals surface area contributed by atoms with Gasteiger partial charge in [0.2, 0.25) is 0 Å². The van der Waals surface area contributed by atoms with Gasteiger partial charge in [0.1, 0.15) is 5.69 Å². The van der Waals surface area contributed by atoms with Gasteiger partial charge in [-0.3, -0.25) is 9.59 Å². The maximum atomic E-state index is 12.9. The number of aromatic amines is 1. The lowest BCUT2D eigenvalue weighted by Gasteiger charge is -2.34. The summed E-state index contributed by atoms with van der Waals surface area (Å²) in [4.78, 5) is 31.5. The summed E-state index contributed by atoms with van der Waals surface area (Å²) < 4.78 is 38.7. The van der Waals surface area contributed by atoms with Crippen LogP contribution in [0, 0.1) is 0 Å². The van der Waals surface area contributed by atoms with Crippen LogP contribution in [0.2, 0.25) is 5.02 Å². The van der Waals surface area contributed by atoms with Crippen molar-refractivity contribution in [3.63, 3.8) is 0 Å². The third-order valence-corrected chi connectivity index (χ3v) is 5.38. The third-order valence-electron chi connectivity index (χ3n) is 5.12. The van der Waals surface area contributed by atoms with Crippen molar-refractivity contribution < 1.29 is 22.8 Å². The highest BCUT2D eigenvalue weighted by molar-refractivity contribution is 6.30. The van der Waals surface area contributed by atoms with E-state index in [4.69, 9.17) is 11.6 Å². The molecule has 2 heterocycles. The summed E-state index contributed by atoms with van der Waals surface area (Å²) >= 11 is 5.85. The van der Waals surface area contributed by atoms with Gasteiger partial charge in [-0.1, -0.05) is 11.6 Å². The highest BCUT2D eigenvalue weighted by Gasteiger charge is 2.31. The van der Waals surface area contributed by atoms with Gasteiger partial charge in [-0.25, -0.2) is 0 Å². The number of rotatable bonds is 2. The first kappa shape index (κ1) is 20.3. The molecule has 0 spiro atoms. The van der Waals surface area contributed by atoms with E-state index in [0.717, 1.165) is 12.1 Å². The molecule has 0 atom stereocenters. The van der Waals surface area contributed by atoms with Gasteiger partial charge in [-0.2, -0.15) is 13.2 Å². The molecule has 0 bridgehead atoms. The fourth-order valence-electron chi connectivity index (χ4n) is 3.48. The molecule has 1 fully saturated rings. The predicted octanol–water partition coefficient (Wildman–Crippen LogP) is 4.44. The molecule has 5 nitrogen and oxygen atoms in total. The molecule has 1 saturated heterocycles. The Kier molecular flexibility index (Phi) is 5.19. The molecule has 1 N–H and O–H groups in total. The van der Waals surface area contributed by atoms with Crippen molar-refractivity contribution in [2.45, 2.75) is 6.18 Å². The van der Waals surface area contributed by atoms with Gasteiger partial charge in [0.25, 0.3) is 11.8 Å². The van der Waals surface area contributed by atoms with Crippen molar-refractivity contribution in [1.82, 2.24) is 14.8 Å². The minimum Gasteiger partial charge on any atom is -0.351 e. The molecule has 0 saturated carbocycles. The molecular formula is C21H17ClF3N3O2. The zero-order chi connectivity index (χ0) is 21.5. The summed E-state index contributed by atoms with van der Waals surface area (Å²) in [7, 11) is 0. The molecule has 9 heteroatoms. The normalized spacial score (nSPS) is 14.9. The van der Waals surface area contributed by atoms with Crippen molar-refractivity contribution in [1.29, 1.82) is 0 Å². The SMILES string of the molecule is O=C(c1ccc(Cl)cc1)N1CCN(C(=O)c2cc3cc(C(F)(F)F)ccc3[nH]2)CC1. The van der Waals surface area contributed by atoms with Crippen LogP contribution in [-0.2, 0) is 6.18 Å². The maximum Gasteiger partial charge on any atom is 0.416 e. The van der Waals surface area contributed by atoms with Crippen molar-refractivity contribution in [2.75, 3.05) is 26.2 Å². The van der Waals surface area contributed by atoms with Crippen molar-refractivity contribution in [3.8, 4) is 0 Å². The predicted molar refractivity (Wildman–Crippen MR) is 107 cm³/mol. The van der Waals surface area contributed by atoms with Crippen LogP contribution in [-0.4, -0.2) is 52.8 Å². The van der Waals surface area contributed by atoms with Gasteiger partial charge in [0.15, 0.2) is 0 Å². The Labute approximate surface area is 175 Å². The Morgan fingerprint density at radius 1 is 0.867 bits per heavy atom. The van der Waals surface area contributed by atoms with Gasteiger partial charge < -0.3 is 14.8 Å². The molecule has 4 rings (SSSR count). The molecule has 1 aromatic heterocycles. The number of H-pyrrole nitrogens is 1. The van der Waals surface area contributed by atoms with Gasteiger partial charge in [-0.05, 0) is 48.5 Å². The number of benzene rings is 2. The molecule has 3 aromatic rings. The first-order chi connectivity index (χ1) is 14.2.